The number of aliphatic hydroxyl groups is 1. The molecule has 0 unspecified atom stereocenters. The summed E-state index contributed by atoms with van der Waals surface area (Å²) in [4.78, 5) is 28.9. The van der Waals surface area contributed by atoms with Gasteiger partial charge in [0.15, 0.2) is 5.82 Å². The van der Waals surface area contributed by atoms with Gasteiger partial charge in [-0.2, -0.15) is 0 Å². The van der Waals surface area contributed by atoms with E-state index in [0.717, 1.165) is 47.7 Å². The molecule has 9 nitrogen and oxygen atoms in total. The zero-order valence-electron chi connectivity index (χ0n) is 20.3. The highest BCUT2D eigenvalue weighted by atomic mass is 35.5. The maximum absolute atomic E-state index is 11.8. The van der Waals surface area contributed by atoms with E-state index in [1.54, 1.807) is 25.5 Å². The number of carbonyl (C=O) groups excluding carboxylic acids is 1. The van der Waals surface area contributed by atoms with Crippen LogP contribution in [-0.4, -0.2) is 45.4 Å². The molecule has 37 heavy (non-hydrogen) atoms. The van der Waals surface area contributed by atoms with E-state index in [0.29, 0.717) is 21.6 Å². The highest BCUT2D eigenvalue weighted by molar-refractivity contribution is 8.13. The number of fused-ring (bicyclic) bond motifs is 1. The minimum Gasteiger partial charge on any atom is -0.390 e. The van der Waals surface area contributed by atoms with Gasteiger partial charge in [0.2, 0.25) is 0 Å². The number of nitrogen functional groups attached to an aromatic ring is 1. The Labute approximate surface area is 228 Å². The molecular weight excluding hydrogens is 530 g/mol. The van der Waals surface area contributed by atoms with E-state index < -0.39 is 0 Å². The van der Waals surface area contributed by atoms with Crippen molar-refractivity contribution in [2.24, 2.45) is 11.1 Å². The molecule has 1 aliphatic heterocycles. The largest absolute Gasteiger partial charge is 0.390 e. The monoisotopic (exact) mass is 557 g/mol. The van der Waals surface area contributed by atoms with Crippen molar-refractivity contribution in [2.75, 3.05) is 30.8 Å². The normalized spacial score (nSPS) is 18.2. The number of hydrogen-bond acceptors (Lipinski definition) is 10. The van der Waals surface area contributed by atoms with Gasteiger partial charge in [-0.25, -0.2) is 15.0 Å². The predicted molar refractivity (Wildman–Crippen MR) is 147 cm³/mol. The summed E-state index contributed by atoms with van der Waals surface area (Å²) in [5.41, 5.74) is 15.5. The first-order valence-electron chi connectivity index (χ1n) is 11.9. The molecule has 12 heteroatoms. The van der Waals surface area contributed by atoms with Crippen molar-refractivity contribution in [3.05, 3.63) is 58.5 Å². The summed E-state index contributed by atoms with van der Waals surface area (Å²) >= 11 is 8.78. The third-order valence-electron chi connectivity index (χ3n) is 7.17. The third-order valence-corrected chi connectivity index (χ3v) is 9.53. The van der Waals surface area contributed by atoms with E-state index in [9.17, 15) is 9.90 Å². The smallest absolute Gasteiger partial charge is 0.283 e. The van der Waals surface area contributed by atoms with E-state index in [1.165, 1.54) is 29.1 Å². The molecule has 0 bridgehead atoms. The van der Waals surface area contributed by atoms with Gasteiger partial charge in [-0.1, -0.05) is 29.4 Å². The lowest BCUT2D eigenvalue weighted by Crippen LogP contribution is -2.45. The van der Waals surface area contributed by atoms with Crippen LogP contribution in [0.2, 0.25) is 5.02 Å². The second-order valence-electron chi connectivity index (χ2n) is 9.25. The van der Waals surface area contributed by atoms with E-state index in [2.05, 4.69) is 37.3 Å². The lowest BCUT2D eigenvalue weighted by Gasteiger charge is -2.42. The number of pyridine rings is 1. The molecule has 2 aliphatic rings. The van der Waals surface area contributed by atoms with Crippen molar-refractivity contribution in [1.29, 1.82) is 0 Å². The molecular formula is C25H28ClN7O2S2. The highest BCUT2D eigenvalue weighted by Crippen LogP contribution is 2.51. The number of halogens is 1. The number of anilines is 2. The summed E-state index contributed by atoms with van der Waals surface area (Å²) in [6.07, 6.45) is 6.01. The number of amides is 1. The van der Waals surface area contributed by atoms with Crippen LogP contribution in [0.15, 0.2) is 51.5 Å². The van der Waals surface area contributed by atoms with Crippen molar-refractivity contribution in [2.45, 2.75) is 46.7 Å². The minimum atomic E-state index is -0.221. The number of thioether (sulfide) groups is 1. The summed E-state index contributed by atoms with van der Waals surface area (Å²) < 4.78 is 0. The van der Waals surface area contributed by atoms with E-state index in [-0.39, 0.29) is 29.1 Å². The molecule has 3 heterocycles. The van der Waals surface area contributed by atoms with Crippen LogP contribution in [0.4, 0.5) is 16.4 Å². The van der Waals surface area contributed by atoms with Gasteiger partial charge in [0.25, 0.3) is 5.24 Å². The Morgan fingerprint density at radius 2 is 2.08 bits per heavy atom. The third kappa shape index (κ3) is 5.10. The molecule has 1 aromatic carbocycles. The molecule has 5 rings (SSSR count). The average molecular weight is 558 g/mol. The number of rotatable bonds is 5. The van der Waals surface area contributed by atoms with Crippen LogP contribution < -0.4 is 21.7 Å². The molecule has 1 atom stereocenters. The van der Waals surface area contributed by atoms with Gasteiger partial charge in [0.05, 0.1) is 17.8 Å². The van der Waals surface area contributed by atoms with Gasteiger partial charge in [-0.15, -0.1) is 0 Å². The molecule has 1 fully saturated rings. The van der Waals surface area contributed by atoms with Gasteiger partial charge >= 0.3 is 0 Å². The van der Waals surface area contributed by atoms with Crippen LogP contribution in [0.3, 0.4) is 0 Å². The number of nitrogens with one attached hydrogen (secondary N) is 1. The van der Waals surface area contributed by atoms with Crippen molar-refractivity contribution < 1.29 is 9.90 Å². The number of hydrogen-bond donors (Lipinski definition) is 4. The van der Waals surface area contributed by atoms with Crippen molar-refractivity contribution >= 4 is 52.0 Å². The Bertz CT molecular complexity index is 1330. The summed E-state index contributed by atoms with van der Waals surface area (Å²) in [6, 6.07) is 7.85. The molecule has 2 aromatic heterocycles. The summed E-state index contributed by atoms with van der Waals surface area (Å²) in [5.74, 6) is 0.949. The van der Waals surface area contributed by atoms with Gasteiger partial charge in [-0.05, 0) is 65.8 Å². The first-order chi connectivity index (χ1) is 17.8. The first-order valence-corrected chi connectivity index (χ1v) is 13.9. The topological polar surface area (TPSA) is 143 Å². The fourth-order valence-electron chi connectivity index (χ4n) is 5.17. The van der Waals surface area contributed by atoms with Gasteiger partial charge in [0.1, 0.15) is 16.5 Å². The number of aromatic nitrogens is 3. The van der Waals surface area contributed by atoms with Gasteiger partial charge in [-0.3, -0.25) is 4.79 Å². The fourth-order valence-corrected chi connectivity index (χ4v) is 6.85. The first kappa shape index (κ1) is 26.1. The maximum Gasteiger partial charge on any atom is 0.283 e. The highest BCUT2D eigenvalue weighted by Gasteiger charge is 2.46. The number of benzene rings is 1. The van der Waals surface area contributed by atoms with Crippen LogP contribution in [0.5, 0.6) is 0 Å². The Morgan fingerprint density at radius 1 is 1.30 bits per heavy atom. The van der Waals surface area contributed by atoms with Crippen LogP contribution in [0, 0.1) is 5.41 Å². The lowest BCUT2D eigenvalue weighted by molar-refractivity contribution is 0.186. The summed E-state index contributed by atoms with van der Waals surface area (Å²) in [6.45, 7) is 1.31. The molecule has 6 N–H and O–H groups in total. The minimum absolute atomic E-state index is 0.0320. The molecule has 0 saturated carbocycles. The fraction of sp³-hybridized carbons (Fsp3) is 0.360. The SMILES string of the molecule is CNC(=O)Sc1ccc2c(c1)[C@@H](N)C1(CCN(c3ncc(Sc4ccnc(N)c4Cl)nc3CO)CC1)C2. The zero-order valence-corrected chi connectivity index (χ0v) is 22.7. The summed E-state index contributed by atoms with van der Waals surface area (Å²) in [5, 5.41) is 13.6. The average Bonchev–Trinajstić information content (AvgIpc) is 3.17. The molecule has 1 amide bonds. The maximum atomic E-state index is 11.8. The van der Waals surface area contributed by atoms with Crippen LogP contribution in [0.25, 0.3) is 0 Å². The predicted octanol–water partition coefficient (Wildman–Crippen LogP) is 4.02. The second-order valence-corrected chi connectivity index (χ2v) is 11.7. The number of piperidine rings is 1. The lowest BCUT2D eigenvalue weighted by atomic mass is 9.73. The molecule has 1 aliphatic carbocycles. The van der Waals surface area contributed by atoms with E-state index >= 15 is 0 Å². The number of nitrogens with zero attached hydrogens (tertiary/aromatic N) is 4. The zero-order chi connectivity index (χ0) is 26.2. The Kier molecular flexibility index (Phi) is 7.51. The summed E-state index contributed by atoms with van der Waals surface area (Å²) in [7, 11) is 1.63. The molecule has 194 valence electrons. The Morgan fingerprint density at radius 3 is 2.81 bits per heavy atom. The number of nitrogens with two attached hydrogens (primary N) is 2. The van der Waals surface area contributed by atoms with Crippen molar-refractivity contribution in [3.63, 3.8) is 0 Å². The molecule has 3 aromatic rings. The molecule has 1 spiro atoms. The van der Waals surface area contributed by atoms with E-state index in [4.69, 9.17) is 23.1 Å². The van der Waals surface area contributed by atoms with Gasteiger partial charge < -0.3 is 26.8 Å². The Balaban J connectivity index is 1.29. The molecule has 1 saturated heterocycles. The van der Waals surface area contributed by atoms with Crippen LogP contribution in [-0.2, 0) is 13.0 Å². The standard InChI is InChI=1S/C25H28ClN7O2S2/c1-29-24(35)36-15-3-2-14-11-25(21(27)16(14)10-15)5-8-33(9-6-25)23-17(13-34)32-19(12-31-23)37-18-4-7-30-22(28)20(18)26/h2-4,7,10,12,21,34H,5-6,8-9,11,13,27H2,1H3,(H2,28,30)(H,29,35)/t21-/m1/s1. The van der Waals surface area contributed by atoms with Crippen molar-refractivity contribution in [3.8, 4) is 0 Å². The number of carbonyl (C=O) groups is 1. The molecule has 0 radical (unpaired) electrons. The van der Waals surface area contributed by atoms with Crippen LogP contribution in [0.1, 0.15) is 35.7 Å². The van der Waals surface area contributed by atoms with Crippen molar-refractivity contribution in [1.82, 2.24) is 20.3 Å². The van der Waals surface area contributed by atoms with E-state index in [1.807, 2.05) is 6.07 Å². The number of aliphatic hydroxyl groups excluding tert-OH is 1. The Hall–Kier alpha value is -2.57. The quantitative estimate of drug-likeness (QED) is 0.339. The second kappa shape index (κ2) is 10.7. The van der Waals surface area contributed by atoms with Gasteiger partial charge in [0, 0.05) is 42.2 Å². The van der Waals surface area contributed by atoms with Crippen LogP contribution >= 0.6 is 35.1 Å².